The molecule has 2 N–H and O–H groups in total. The maximum atomic E-state index is 9.30. The van der Waals surface area contributed by atoms with E-state index in [4.69, 9.17) is 0 Å². The van der Waals surface area contributed by atoms with E-state index in [1.54, 1.807) is 12.4 Å². The summed E-state index contributed by atoms with van der Waals surface area (Å²) in [5.41, 5.74) is 0. The molecule has 6 heteroatoms. The Morgan fingerprint density at radius 1 is 1.26 bits per heavy atom. The summed E-state index contributed by atoms with van der Waals surface area (Å²) in [4.78, 5) is 13.1. The summed E-state index contributed by atoms with van der Waals surface area (Å²) in [5, 5.41) is 12.6. The number of piperazine rings is 1. The van der Waals surface area contributed by atoms with E-state index in [2.05, 4.69) is 32.0 Å². The van der Waals surface area contributed by atoms with E-state index in [9.17, 15) is 5.11 Å². The highest BCUT2D eigenvalue weighted by molar-refractivity contribution is 5.29. The third kappa shape index (κ3) is 4.12. The largest absolute Gasteiger partial charge is 0.395 e. The second-order valence-electron chi connectivity index (χ2n) is 4.77. The number of aromatic nitrogens is 2. The van der Waals surface area contributed by atoms with Crippen LogP contribution in [0.3, 0.4) is 0 Å². The lowest BCUT2D eigenvalue weighted by Crippen LogP contribution is -2.52. The Balaban J connectivity index is 1.79. The van der Waals surface area contributed by atoms with Crippen LogP contribution in [0.4, 0.5) is 5.95 Å². The van der Waals surface area contributed by atoms with Crippen LogP contribution >= 0.6 is 0 Å². The van der Waals surface area contributed by atoms with E-state index in [-0.39, 0.29) is 12.6 Å². The van der Waals surface area contributed by atoms with Gasteiger partial charge in [0.25, 0.3) is 0 Å². The fourth-order valence-electron chi connectivity index (χ4n) is 2.37. The van der Waals surface area contributed by atoms with Gasteiger partial charge in [-0.1, -0.05) is 6.92 Å². The van der Waals surface area contributed by atoms with Crippen molar-refractivity contribution < 1.29 is 5.11 Å². The van der Waals surface area contributed by atoms with Crippen molar-refractivity contribution in [2.75, 3.05) is 50.8 Å². The number of aliphatic hydroxyl groups excluding tert-OH is 1. The van der Waals surface area contributed by atoms with E-state index in [0.29, 0.717) is 0 Å². The zero-order chi connectivity index (χ0) is 13.5. The molecule has 2 rings (SSSR count). The lowest BCUT2D eigenvalue weighted by molar-refractivity contribution is 0.176. The lowest BCUT2D eigenvalue weighted by atomic mass is 10.2. The maximum absolute atomic E-state index is 9.30. The third-order valence-corrected chi connectivity index (χ3v) is 3.40. The van der Waals surface area contributed by atoms with Gasteiger partial charge in [0.05, 0.1) is 6.61 Å². The fourth-order valence-corrected chi connectivity index (χ4v) is 2.37. The molecule has 0 saturated carbocycles. The molecule has 106 valence electrons. The molecular formula is C13H23N5O. The van der Waals surface area contributed by atoms with Gasteiger partial charge in [0.1, 0.15) is 0 Å². The molecule has 19 heavy (non-hydrogen) atoms. The number of hydrogen-bond acceptors (Lipinski definition) is 6. The first-order valence-corrected chi connectivity index (χ1v) is 6.92. The van der Waals surface area contributed by atoms with Crippen molar-refractivity contribution in [2.24, 2.45) is 0 Å². The molecule has 1 atom stereocenters. The van der Waals surface area contributed by atoms with Crippen LogP contribution in [0.15, 0.2) is 18.5 Å². The van der Waals surface area contributed by atoms with Crippen LogP contribution in [0.5, 0.6) is 0 Å². The van der Waals surface area contributed by atoms with E-state index in [1.807, 2.05) is 6.07 Å². The van der Waals surface area contributed by atoms with Crippen LogP contribution in [0.1, 0.15) is 6.92 Å². The van der Waals surface area contributed by atoms with Gasteiger partial charge in [-0.3, -0.25) is 4.90 Å². The first-order chi connectivity index (χ1) is 9.33. The van der Waals surface area contributed by atoms with Gasteiger partial charge in [0.15, 0.2) is 0 Å². The Labute approximate surface area is 114 Å². The van der Waals surface area contributed by atoms with Crippen molar-refractivity contribution in [3.63, 3.8) is 0 Å². The Bertz CT molecular complexity index is 353. The SMILES string of the molecule is CCNC(CO)CN1CCN(c2ncccn2)CC1. The Kier molecular flexibility index (Phi) is 5.50. The summed E-state index contributed by atoms with van der Waals surface area (Å²) in [5.74, 6) is 0.813. The maximum Gasteiger partial charge on any atom is 0.225 e. The van der Waals surface area contributed by atoms with Gasteiger partial charge < -0.3 is 15.3 Å². The van der Waals surface area contributed by atoms with Gasteiger partial charge in [-0.25, -0.2) is 9.97 Å². The van der Waals surface area contributed by atoms with Crippen LogP contribution < -0.4 is 10.2 Å². The van der Waals surface area contributed by atoms with Crippen LogP contribution in [0.25, 0.3) is 0 Å². The van der Waals surface area contributed by atoms with E-state index in [1.165, 1.54) is 0 Å². The third-order valence-electron chi connectivity index (χ3n) is 3.40. The van der Waals surface area contributed by atoms with E-state index >= 15 is 0 Å². The van der Waals surface area contributed by atoms with Crippen LogP contribution in [-0.4, -0.2) is 71.9 Å². The van der Waals surface area contributed by atoms with Gasteiger partial charge in [-0.15, -0.1) is 0 Å². The molecule has 1 aromatic rings. The topological polar surface area (TPSA) is 64.5 Å². The molecule has 0 aromatic carbocycles. The minimum atomic E-state index is 0.171. The van der Waals surface area contributed by atoms with Crippen LogP contribution in [0.2, 0.25) is 0 Å². The molecule has 0 amide bonds. The molecule has 0 spiro atoms. The smallest absolute Gasteiger partial charge is 0.225 e. The molecule has 1 fully saturated rings. The Morgan fingerprint density at radius 2 is 1.95 bits per heavy atom. The van der Waals surface area contributed by atoms with Crippen molar-refractivity contribution in [1.82, 2.24) is 20.2 Å². The molecular weight excluding hydrogens is 242 g/mol. The van der Waals surface area contributed by atoms with Gasteiger partial charge in [-0.2, -0.15) is 0 Å². The number of hydrogen-bond donors (Lipinski definition) is 2. The minimum Gasteiger partial charge on any atom is -0.395 e. The average Bonchev–Trinajstić information content (AvgIpc) is 2.48. The fraction of sp³-hybridized carbons (Fsp3) is 0.692. The number of rotatable bonds is 6. The summed E-state index contributed by atoms with van der Waals surface area (Å²) in [6, 6.07) is 2.01. The second kappa shape index (κ2) is 7.37. The highest BCUT2D eigenvalue weighted by atomic mass is 16.3. The van der Waals surface area contributed by atoms with Gasteiger partial charge in [0, 0.05) is 51.2 Å². The molecule has 1 saturated heterocycles. The van der Waals surface area contributed by atoms with Crippen molar-refractivity contribution in [3.05, 3.63) is 18.5 Å². The summed E-state index contributed by atoms with van der Waals surface area (Å²) in [7, 11) is 0. The van der Waals surface area contributed by atoms with Crippen molar-refractivity contribution in [2.45, 2.75) is 13.0 Å². The van der Waals surface area contributed by atoms with Crippen molar-refractivity contribution >= 4 is 5.95 Å². The standard InChI is InChI=1S/C13H23N5O/c1-2-14-12(11-19)10-17-6-8-18(9-7-17)13-15-4-3-5-16-13/h3-5,12,14,19H,2,6-11H2,1H3. The molecule has 1 unspecified atom stereocenters. The van der Waals surface area contributed by atoms with Crippen molar-refractivity contribution in [1.29, 1.82) is 0 Å². The van der Waals surface area contributed by atoms with Crippen LogP contribution in [-0.2, 0) is 0 Å². The number of nitrogens with one attached hydrogen (secondary N) is 1. The summed E-state index contributed by atoms with van der Waals surface area (Å²) >= 11 is 0. The minimum absolute atomic E-state index is 0.171. The molecule has 1 aromatic heterocycles. The number of anilines is 1. The predicted molar refractivity (Wildman–Crippen MR) is 75.2 cm³/mol. The quantitative estimate of drug-likeness (QED) is 0.728. The second-order valence-corrected chi connectivity index (χ2v) is 4.77. The van der Waals surface area contributed by atoms with Gasteiger partial charge in [-0.05, 0) is 12.6 Å². The summed E-state index contributed by atoms with van der Waals surface area (Å²) in [6.07, 6.45) is 3.56. The lowest BCUT2D eigenvalue weighted by Gasteiger charge is -2.36. The number of nitrogens with zero attached hydrogens (tertiary/aromatic N) is 4. The molecule has 6 nitrogen and oxygen atoms in total. The zero-order valence-corrected chi connectivity index (χ0v) is 11.5. The van der Waals surface area contributed by atoms with E-state index < -0.39 is 0 Å². The average molecular weight is 265 g/mol. The Hall–Kier alpha value is -1.24. The first-order valence-electron chi connectivity index (χ1n) is 6.92. The van der Waals surface area contributed by atoms with Crippen LogP contribution in [0, 0.1) is 0 Å². The highest BCUT2D eigenvalue weighted by Gasteiger charge is 2.20. The molecule has 0 aliphatic carbocycles. The van der Waals surface area contributed by atoms with Crippen molar-refractivity contribution in [3.8, 4) is 0 Å². The van der Waals surface area contributed by atoms with Gasteiger partial charge >= 0.3 is 0 Å². The predicted octanol–water partition coefficient (Wildman–Crippen LogP) is -0.431. The normalized spacial score (nSPS) is 18.5. The summed E-state index contributed by atoms with van der Waals surface area (Å²) in [6.45, 7) is 7.89. The van der Waals surface area contributed by atoms with E-state index in [0.717, 1.165) is 45.2 Å². The zero-order valence-electron chi connectivity index (χ0n) is 11.5. The molecule has 0 radical (unpaired) electrons. The molecule has 2 heterocycles. The number of aliphatic hydroxyl groups is 1. The monoisotopic (exact) mass is 265 g/mol. The number of likely N-dealkylation sites (N-methyl/N-ethyl adjacent to an activating group) is 1. The Morgan fingerprint density at radius 3 is 2.53 bits per heavy atom. The molecule has 1 aliphatic heterocycles. The highest BCUT2D eigenvalue weighted by Crippen LogP contribution is 2.09. The first kappa shape index (κ1) is 14.2. The molecule has 0 bridgehead atoms. The molecule has 1 aliphatic rings. The summed E-state index contributed by atoms with van der Waals surface area (Å²) < 4.78 is 0. The van der Waals surface area contributed by atoms with Gasteiger partial charge in [0.2, 0.25) is 5.95 Å².